The highest BCUT2D eigenvalue weighted by Crippen LogP contribution is 2.19. The van der Waals surface area contributed by atoms with Gasteiger partial charge in [-0.15, -0.1) is 0 Å². The van der Waals surface area contributed by atoms with E-state index in [1.165, 1.54) is 6.07 Å². The van der Waals surface area contributed by atoms with Gasteiger partial charge < -0.3 is 15.2 Å². The molecule has 0 aliphatic rings. The van der Waals surface area contributed by atoms with Gasteiger partial charge in [-0.3, -0.25) is 0 Å². The lowest BCUT2D eigenvalue weighted by Crippen LogP contribution is -2.17. The van der Waals surface area contributed by atoms with E-state index in [1.54, 1.807) is 6.07 Å². The lowest BCUT2D eigenvalue weighted by Gasteiger charge is -2.09. The Kier molecular flexibility index (Phi) is 5.22. The fraction of sp³-hybridized carbons (Fsp3) is 0.500. The van der Waals surface area contributed by atoms with E-state index < -0.39 is 0 Å². The predicted molar refractivity (Wildman–Crippen MR) is 60.9 cm³/mol. The fourth-order valence-electron chi connectivity index (χ4n) is 1.35. The Balaban J connectivity index is 2.60. The Bertz CT molecular complexity index is 329. The molecule has 0 aliphatic carbocycles. The second-order valence-electron chi connectivity index (χ2n) is 3.70. The normalized spacial score (nSPS) is 12.5. The molecule has 1 aromatic carbocycles. The van der Waals surface area contributed by atoms with Gasteiger partial charge in [-0.05, 0) is 38.0 Å². The van der Waals surface area contributed by atoms with Gasteiger partial charge in [0.05, 0.1) is 0 Å². The first-order chi connectivity index (χ1) is 7.63. The summed E-state index contributed by atoms with van der Waals surface area (Å²) in [5.41, 5.74) is 6.51. The smallest absolute Gasteiger partial charge is 0.189 e. The maximum absolute atomic E-state index is 13.5. The molecule has 0 fully saturated rings. The molecule has 1 unspecified atom stereocenters. The van der Waals surface area contributed by atoms with E-state index in [4.69, 9.17) is 15.2 Å². The average molecular weight is 227 g/mol. The second-order valence-corrected chi connectivity index (χ2v) is 3.70. The first kappa shape index (κ1) is 12.9. The largest absolute Gasteiger partial charge is 0.464 e. The summed E-state index contributed by atoms with van der Waals surface area (Å²) in [4.78, 5) is 0. The van der Waals surface area contributed by atoms with Gasteiger partial charge in [-0.2, -0.15) is 0 Å². The second kappa shape index (κ2) is 6.45. The molecule has 0 saturated heterocycles. The lowest BCUT2D eigenvalue weighted by molar-refractivity contribution is 0.0201. The van der Waals surface area contributed by atoms with Crippen LogP contribution in [0.15, 0.2) is 18.2 Å². The third kappa shape index (κ3) is 4.16. The van der Waals surface area contributed by atoms with E-state index >= 15 is 0 Å². The van der Waals surface area contributed by atoms with E-state index in [0.717, 1.165) is 5.56 Å². The Morgan fingerprint density at radius 2 is 2.19 bits per heavy atom. The van der Waals surface area contributed by atoms with Crippen molar-refractivity contribution in [3.63, 3.8) is 0 Å². The van der Waals surface area contributed by atoms with E-state index in [-0.39, 0.29) is 24.4 Å². The van der Waals surface area contributed by atoms with Crippen LogP contribution in [0.25, 0.3) is 0 Å². The molecule has 90 valence electrons. The molecule has 0 heterocycles. The molecule has 0 bridgehead atoms. The van der Waals surface area contributed by atoms with Gasteiger partial charge in [0.1, 0.15) is 0 Å². The highest BCUT2D eigenvalue weighted by Gasteiger charge is 2.06. The first-order valence-electron chi connectivity index (χ1n) is 5.38. The summed E-state index contributed by atoms with van der Waals surface area (Å²) in [5.74, 6) is -0.167. The summed E-state index contributed by atoms with van der Waals surface area (Å²) < 4.78 is 23.6. The Labute approximate surface area is 95.4 Å². The van der Waals surface area contributed by atoms with Crippen molar-refractivity contribution in [3.8, 4) is 5.75 Å². The minimum atomic E-state index is -0.377. The van der Waals surface area contributed by atoms with Gasteiger partial charge in [-0.25, -0.2) is 4.39 Å². The van der Waals surface area contributed by atoms with Crippen LogP contribution in [-0.2, 0) is 11.2 Å². The molecule has 3 nitrogen and oxygen atoms in total. The highest BCUT2D eigenvalue weighted by molar-refractivity contribution is 5.29. The number of hydrogen-bond donors (Lipinski definition) is 1. The minimum Gasteiger partial charge on any atom is -0.464 e. The van der Waals surface area contributed by atoms with E-state index in [2.05, 4.69) is 0 Å². The van der Waals surface area contributed by atoms with Crippen LogP contribution < -0.4 is 10.5 Å². The maximum atomic E-state index is 13.5. The summed E-state index contributed by atoms with van der Waals surface area (Å²) in [6.07, 6.45) is 0.655. The van der Waals surface area contributed by atoms with Crippen LogP contribution >= 0.6 is 0 Å². The monoisotopic (exact) mass is 227 g/mol. The number of ether oxygens (including phenoxy) is 2. The van der Waals surface area contributed by atoms with Crippen LogP contribution in [0, 0.1) is 5.82 Å². The van der Waals surface area contributed by atoms with E-state index in [1.807, 2.05) is 19.9 Å². The van der Waals surface area contributed by atoms with E-state index in [0.29, 0.717) is 13.0 Å². The number of rotatable bonds is 6. The van der Waals surface area contributed by atoms with Gasteiger partial charge in [0.25, 0.3) is 0 Å². The zero-order valence-electron chi connectivity index (χ0n) is 9.70. The zero-order chi connectivity index (χ0) is 12.0. The number of hydrogen-bond acceptors (Lipinski definition) is 3. The summed E-state index contributed by atoms with van der Waals surface area (Å²) in [6.45, 7) is 4.35. The van der Waals surface area contributed by atoms with E-state index in [9.17, 15) is 4.39 Å². The Morgan fingerprint density at radius 3 is 2.75 bits per heavy atom. The number of nitrogens with two attached hydrogens (primary N) is 1. The number of benzene rings is 1. The van der Waals surface area contributed by atoms with Crippen molar-refractivity contribution in [1.29, 1.82) is 0 Å². The average Bonchev–Trinajstić information content (AvgIpc) is 2.20. The standard InChI is InChI=1S/C12H18FNO2/c1-3-15-8-16-12-5-4-10(6-9(2)14)7-11(12)13/h4-5,7,9H,3,6,8,14H2,1-2H3. The third-order valence-electron chi connectivity index (χ3n) is 2.06. The van der Waals surface area contributed by atoms with Crippen molar-refractivity contribution < 1.29 is 13.9 Å². The molecule has 1 rings (SSSR count). The SMILES string of the molecule is CCOCOc1ccc(CC(C)N)cc1F. The summed E-state index contributed by atoms with van der Waals surface area (Å²) >= 11 is 0. The molecular weight excluding hydrogens is 209 g/mol. The first-order valence-corrected chi connectivity index (χ1v) is 5.38. The lowest BCUT2D eigenvalue weighted by atomic mass is 10.1. The fourth-order valence-corrected chi connectivity index (χ4v) is 1.35. The summed E-state index contributed by atoms with van der Waals surface area (Å²) in [5, 5.41) is 0. The molecule has 0 aromatic heterocycles. The molecular formula is C12H18FNO2. The zero-order valence-corrected chi connectivity index (χ0v) is 9.70. The Morgan fingerprint density at radius 1 is 1.44 bits per heavy atom. The topological polar surface area (TPSA) is 44.5 Å². The molecule has 2 N–H and O–H groups in total. The van der Waals surface area contributed by atoms with Crippen molar-refractivity contribution >= 4 is 0 Å². The molecule has 1 aromatic rings. The van der Waals surface area contributed by atoms with Crippen LogP contribution in [-0.4, -0.2) is 19.4 Å². The van der Waals surface area contributed by atoms with Crippen molar-refractivity contribution in [3.05, 3.63) is 29.6 Å². The van der Waals surface area contributed by atoms with Gasteiger partial charge in [0.2, 0.25) is 0 Å². The molecule has 16 heavy (non-hydrogen) atoms. The summed E-state index contributed by atoms with van der Waals surface area (Å²) in [6, 6.07) is 4.89. The number of halogens is 1. The maximum Gasteiger partial charge on any atom is 0.189 e. The molecule has 1 atom stereocenters. The van der Waals surface area contributed by atoms with Crippen molar-refractivity contribution in [2.45, 2.75) is 26.3 Å². The highest BCUT2D eigenvalue weighted by atomic mass is 19.1. The molecule has 0 radical (unpaired) electrons. The molecule has 0 aliphatic heterocycles. The predicted octanol–water partition coefficient (Wildman–Crippen LogP) is 2.09. The van der Waals surface area contributed by atoms with Crippen LogP contribution in [0.3, 0.4) is 0 Å². The van der Waals surface area contributed by atoms with Crippen LogP contribution in [0.2, 0.25) is 0 Å². The van der Waals surface area contributed by atoms with Gasteiger partial charge >= 0.3 is 0 Å². The quantitative estimate of drug-likeness (QED) is 0.598. The van der Waals surface area contributed by atoms with Crippen molar-refractivity contribution in [2.75, 3.05) is 13.4 Å². The van der Waals surface area contributed by atoms with Crippen molar-refractivity contribution in [1.82, 2.24) is 0 Å². The molecule has 4 heteroatoms. The third-order valence-corrected chi connectivity index (χ3v) is 2.06. The van der Waals surface area contributed by atoms with Crippen molar-refractivity contribution in [2.24, 2.45) is 5.73 Å². The van der Waals surface area contributed by atoms with Crippen LogP contribution in [0.5, 0.6) is 5.75 Å². The Hall–Kier alpha value is -1.13. The summed E-state index contributed by atoms with van der Waals surface area (Å²) in [7, 11) is 0. The van der Waals surface area contributed by atoms with Gasteiger partial charge in [-0.1, -0.05) is 6.07 Å². The van der Waals surface area contributed by atoms with Gasteiger partial charge in [0.15, 0.2) is 18.4 Å². The van der Waals surface area contributed by atoms with Crippen LogP contribution in [0.1, 0.15) is 19.4 Å². The molecule has 0 saturated carbocycles. The van der Waals surface area contributed by atoms with Crippen LogP contribution in [0.4, 0.5) is 4.39 Å². The molecule has 0 spiro atoms. The molecule has 0 amide bonds. The van der Waals surface area contributed by atoms with Gasteiger partial charge in [0, 0.05) is 12.6 Å². The minimum absolute atomic E-state index is 0.0228.